The SMILES string of the molecule is CN=C(NCCC(C)c1ccccc1)NC1CCN(c2ncccc2F)C1.I. The Hall–Kier alpha value is -1.90. The van der Waals surface area contributed by atoms with Gasteiger partial charge in [-0.05, 0) is 36.5 Å². The van der Waals surface area contributed by atoms with Gasteiger partial charge in [-0.1, -0.05) is 37.3 Å². The van der Waals surface area contributed by atoms with Crippen molar-refractivity contribution in [1.29, 1.82) is 0 Å². The summed E-state index contributed by atoms with van der Waals surface area (Å²) in [5.41, 5.74) is 1.35. The first-order valence-electron chi connectivity index (χ1n) is 9.55. The number of hydrogen-bond acceptors (Lipinski definition) is 3. The summed E-state index contributed by atoms with van der Waals surface area (Å²) in [5.74, 6) is 1.45. The number of benzene rings is 1. The number of guanidine groups is 1. The van der Waals surface area contributed by atoms with Gasteiger partial charge in [-0.2, -0.15) is 0 Å². The summed E-state index contributed by atoms with van der Waals surface area (Å²) in [5, 5.41) is 6.84. The smallest absolute Gasteiger partial charge is 0.191 e. The third-order valence-corrected chi connectivity index (χ3v) is 5.03. The Bertz CT molecular complexity index is 755. The lowest BCUT2D eigenvalue weighted by Crippen LogP contribution is -2.45. The lowest BCUT2D eigenvalue weighted by molar-refractivity contribution is 0.609. The van der Waals surface area contributed by atoms with Crippen LogP contribution in [0.1, 0.15) is 31.2 Å². The van der Waals surface area contributed by atoms with Crippen molar-refractivity contribution >= 4 is 35.8 Å². The van der Waals surface area contributed by atoms with Gasteiger partial charge >= 0.3 is 0 Å². The standard InChI is InChI=1S/C21H28FN5.HI/c1-16(17-7-4-3-5-8-17)10-13-25-21(23-2)26-18-11-14-27(15-18)20-19(22)9-6-12-24-20;/h3-9,12,16,18H,10-11,13-15H2,1-2H3,(H2,23,25,26);1H. The Labute approximate surface area is 183 Å². The maximum absolute atomic E-state index is 13.9. The molecule has 2 unspecified atom stereocenters. The highest BCUT2D eigenvalue weighted by atomic mass is 127. The molecule has 0 saturated carbocycles. The number of rotatable bonds is 6. The van der Waals surface area contributed by atoms with Gasteiger partial charge in [0.2, 0.25) is 0 Å². The quantitative estimate of drug-likeness (QED) is 0.363. The predicted molar refractivity (Wildman–Crippen MR) is 124 cm³/mol. The summed E-state index contributed by atoms with van der Waals surface area (Å²) < 4.78 is 13.9. The van der Waals surface area contributed by atoms with Crippen LogP contribution in [0, 0.1) is 5.82 Å². The molecule has 2 aromatic rings. The molecule has 5 nitrogen and oxygen atoms in total. The summed E-state index contributed by atoms with van der Waals surface area (Å²) in [6.45, 7) is 4.59. The summed E-state index contributed by atoms with van der Waals surface area (Å²) in [4.78, 5) is 10.5. The van der Waals surface area contributed by atoms with Gasteiger partial charge in [0.1, 0.15) is 0 Å². The number of halogens is 2. The van der Waals surface area contributed by atoms with Gasteiger partial charge in [-0.3, -0.25) is 4.99 Å². The minimum Gasteiger partial charge on any atom is -0.356 e. The number of aromatic nitrogens is 1. The van der Waals surface area contributed by atoms with Gasteiger partial charge in [-0.15, -0.1) is 24.0 Å². The third kappa shape index (κ3) is 6.05. The number of pyridine rings is 1. The molecule has 1 aromatic carbocycles. The van der Waals surface area contributed by atoms with Gasteiger partial charge in [0, 0.05) is 38.9 Å². The number of nitrogens with zero attached hydrogens (tertiary/aromatic N) is 3. The third-order valence-electron chi connectivity index (χ3n) is 5.03. The lowest BCUT2D eigenvalue weighted by Gasteiger charge is -2.20. The van der Waals surface area contributed by atoms with Crippen LogP contribution in [0.15, 0.2) is 53.7 Å². The molecular weight excluding hydrogens is 468 g/mol. The first-order chi connectivity index (χ1) is 13.2. The van der Waals surface area contributed by atoms with Gasteiger partial charge in [0.15, 0.2) is 17.6 Å². The van der Waals surface area contributed by atoms with E-state index in [4.69, 9.17) is 0 Å². The van der Waals surface area contributed by atoms with E-state index in [1.807, 2.05) is 11.0 Å². The Kier molecular flexibility index (Phi) is 8.95. The monoisotopic (exact) mass is 497 g/mol. The second kappa shape index (κ2) is 11.2. The van der Waals surface area contributed by atoms with E-state index in [0.29, 0.717) is 11.7 Å². The predicted octanol–water partition coefficient (Wildman–Crippen LogP) is 3.78. The minimum atomic E-state index is -0.268. The minimum absolute atomic E-state index is 0. The van der Waals surface area contributed by atoms with Gasteiger partial charge in [-0.25, -0.2) is 9.37 Å². The van der Waals surface area contributed by atoms with E-state index in [1.165, 1.54) is 11.6 Å². The molecule has 1 aliphatic rings. The van der Waals surface area contributed by atoms with Crippen LogP contribution in [0.25, 0.3) is 0 Å². The van der Waals surface area contributed by atoms with E-state index < -0.39 is 0 Å². The van der Waals surface area contributed by atoms with Crippen LogP contribution in [0.5, 0.6) is 0 Å². The zero-order valence-corrected chi connectivity index (χ0v) is 18.8. The summed E-state index contributed by atoms with van der Waals surface area (Å²) in [6, 6.07) is 13.8. The van der Waals surface area contributed by atoms with Crippen LogP contribution in [0.2, 0.25) is 0 Å². The molecule has 2 atom stereocenters. The van der Waals surface area contributed by atoms with Crippen LogP contribution in [0.4, 0.5) is 10.2 Å². The molecule has 2 heterocycles. The average molecular weight is 497 g/mol. The van der Waals surface area contributed by atoms with Gasteiger partial charge in [0.05, 0.1) is 0 Å². The van der Waals surface area contributed by atoms with Crippen LogP contribution in [-0.2, 0) is 0 Å². The van der Waals surface area contributed by atoms with Crippen molar-refractivity contribution in [2.45, 2.75) is 31.7 Å². The van der Waals surface area contributed by atoms with E-state index in [-0.39, 0.29) is 35.8 Å². The molecule has 1 aliphatic heterocycles. The second-order valence-corrected chi connectivity index (χ2v) is 6.98. The van der Waals surface area contributed by atoms with Crippen molar-refractivity contribution < 1.29 is 4.39 Å². The molecule has 0 spiro atoms. The molecule has 0 radical (unpaired) electrons. The van der Waals surface area contributed by atoms with Crippen LogP contribution in [0.3, 0.4) is 0 Å². The normalized spacial score (nSPS) is 17.8. The van der Waals surface area contributed by atoms with E-state index >= 15 is 0 Å². The zero-order chi connectivity index (χ0) is 19.1. The highest BCUT2D eigenvalue weighted by molar-refractivity contribution is 14.0. The maximum Gasteiger partial charge on any atom is 0.191 e. The Balaban J connectivity index is 0.00000280. The molecule has 3 rings (SSSR count). The molecule has 28 heavy (non-hydrogen) atoms. The number of hydrogen-bond donors (Lipinski definition) is 2. The molecule has 0 aliphatic carbocycles. The summed E-state index contributed by atoms with van der Waals surface area (Å²) in [7, 11) is 1.78. The van der Waals surface area contributed by atoms with Crippen LogP contribution >= 0.6 is 24.0 Å². The van der Waals surface area contributed by atoms with E-state index in [9.17, 15) is 4.39 Å². The van der Waals surface area contributed by atoms with Crippen molar-refractivity contribution in [2.75, 3.05) is 31.6 Å². The van der Waals surface area contributed by atoms with Crippen molar-refractivity contribution in [3.63, 3.8) is 0 Å². The van der Waals surface area contributed by atoms with Crippen molar-refractivity contribution in [2.24, 2.45) is 4.99 Å². The second-order valence-electron chi connectivity index (χ2n) is 6.98. The Morgan fingerprint density at radius 2 is 2.07 bits per heavy atom. The molecule has 0 amide bonds. The molecular formula is C21H29FIN5. The molecule has 152 valence electrons. The van der Waals surface area contributed by atoms with E-state index in [1.54, 1.807) is 19.3 Å². The van der Waals surface area contributed by atoms with Gasteiger partial charge < -0.3 is 15.5 Å². The first-order valence-corrected chi connectivity index (χ1v) is 9.55. The summed E-state index contributed by atoms with van der Waals surface area (Å²) in [6.07, 6.45) is 3.59. The fraction of sp³-hybridized carbons (Fsp3) is 0.429. The topological polar surface area (TPSA) is 52.6 Å². The fourth-order valence-electron chi connectivity index (χ4n) is 3.42. The van der Waals surface area contributed by atoms with Crippen molar-refractivity contribution in [1.82, 2.24) is 15.6 Å². The Morgan fingerprint density at radius 3 is 2.79 bits per heavy atom. The van der Waals surface area contributed by atoms with Crippen LogP contribution in [-0.4, -0.2) is 43.7 Å². The summed E-state index contributed by atoms with van der Waals surface area (Å²) >= 11 is 0. The molecule has 1 aromatic heterocycles. The molecule has 1 saturated heterocycles. The number of nitrogens with one attached hydrogen (secondary N) is 2. The largest absolute Gasteiger partial charge is 0.356 e. The average Bonchev–Trinajstić information content (AvgIpc) is 3.16. The molecule has 2 N–H and O–H groups in total. The maximum atomic E-state index is 13.9. The van der Waals surface area contributed by atoms with Crippen LogP contribution < -0.4 is 15.5 Å². The van der Waals surface area contributed by atoms with Gasteiger partial charge in [0.25, 0.3) is 0 Å². The number of aliphatic imine (C=N–C) groups is 1. The van der Waals surface area contributed by atoms with E-state index in [2.05, 4.69) is 51.8 Å². The first kappa shape index (κ1) is 22.4. The number of anilines is 1. The van der Waals surface area contributed by atoms with Crippen molar-refractivity contribution in [3.05, 3.63) is 60.0 Å². The highest BCUT2D eigenvalue weighted by Crippen LogP contribution is 2.21. The molecule has 0 bridgehead atoms. The molecule has 7 heteroatoms. The lowest BCUT2D eigenvalue weighted by atomic mass is 9.98. The zero-order valence-electron chi connectivity index (χ0n) is 16.4. The van der Waals surface area contributed by atoms with E-state index in [0.717, 1.165) is 38.4 Å². The molecule has 1 fully saturated rings. The van der Waals surface area contributed by atoms with Crippen molar-refractivity contribution in [3.8, 4) is 0 Å². The fourth-order valence-corrected chi connectivity index (χ4v) is 3.42. The highest BCUT2D eigenvalue weighted by Gasteiger charge is 2.25. The Morgan fingerprint density at radius 1 is 1.29 bits per heavy atom.